The van der Waals surface area contributed by atoms with Gasteiger partial charge in [-0.25, -0.2) is 9.48 Å². The van der Waals surface area contributed by atoms with Gasteiger partial charge in [0.1, 0.15) is 34.7 Å². The Morgan fingerprint density at radius 3 is 2.70 bits per heavy atom. The van der Waals surface area contributed by atoms with Gasteiger partial charge in [-0.3, -0.25) is 19.3 Å². The average Bonchev–Trinajstić information content (AvgIpc) is 3.73. The summed E-state index contributed by atoms with van der Waals surface area (Å²) in [6.07, 6.45) is 0.365. The van der Waals surface area contributed by atoms with Gasteiger partial charge in [0.25, 0.3) is 11.8 Å². The molecule has 242 valence electrons. The van der Waals surface area contributed by atoms with E-state index in [2.05, 4.69) is 31.3 Å². The summed E-state index contributed by atoms with van der Waals surface area (Å²) in [6, 6.07) is 15.3. The number of ether oxygens (including phenoxy) is 1. The number of benzene rings is 2. The minimum atomic E-state index is -1.24. The molecule has 1 unspecified atom stereocenters. The first-order chi connectivity index (χ1) is 22.7. The second-order valence-electron chi connectivity index (χ2n) is 10.6. The molecule has 0 radical (unpaired) electrons. The predicted octanol–water partition coefficient (Wildman–Crippen LogP) is 1.80. The average molecular weight is 677 g/mol. The Hall–Kier alpha value is -5.16. The minimum Gasteiger partial charge on any atom is -0.497 e. The van der Waals surface area contributed by atoms with Gasteiger partial charge in [-0.05, 0) is 39.3 Å². The second-order valence-corrected chi connectivity index (χ2v) is 12.6. The molecule has 3 atom stereocenters. The van der Waals surface area contributed by atoms with E-state index in [1.165, 1.54) is 39.2 Å². The standard InChI is InChI=1S/C30H28N8O7S2/c1-37-30(33-35-36-37)47-15-18-14-46-28-23(27(41)38(28)24(18)29(42)43)32-26(40)22(17-8-4-3-5-9-17)31-25(39)21-13-20(45-34-21)12-16-7-6-10-19(11-16)44-2/h3-11,13,22-23,28H,12,14-15H2,1-2H3,(H,31,39)(H,32,40)(H,42,43)/t22?,23-,28-/m1/s1. The molecule has 6 rings (SSSR count). The van der Waals surface area contributed by atoms with E-state index in [1.807, 2.05) is 24.3 Å². The predicted molar refractivity (Wildman–Crippen MR) is 168 cm³/mol. The lowest BCUT2D eigenvalue weighted by Crippen LogP contribution is -2.71. The monoisotopic (exact) mass is 676 g/mol. The zero-order valence-corrected chi connectivity index (χ0v) is 26.7. The number of aryl methyl sites for hydroxylation is 1. The first-order valence-corrected chi connectivity index (χ1v) is 16.3. The van der Waals surface area contributed by atoms with Crippen LogP contribution in [0.25, 0.3) is 0 Å². The summed E-state index contributed by atoms with van der Waals surface area (Å²) in [7, 11) is 3.24. The topological polar surface area (TPSA) is 195 Å². The molecule has 3 N–H and O–H groups in total. The lowest BCUT2D eigenvalue weighted by Gasteiger charge is -2.49. The summed E-state index contributed by atoms with van der Waals surface area (Å²) in [6.45, 7) is 0. The van der Waals surface area contributed by atoms with Gasteiger partial charge in [0, 0.05) is 31.0 Å². The molecule has 2 aromatic heterocycles. The molecular weight excluding hydrogens is 649 g/mol. The molecule has 3 amide bonds. The van der Waals surface area contributed by atoms with E-state index in [4.69, 9.17) is 9.26 Å². The number of nitrogens with one attached hydrogen (secondary N) is 2. The largest absolute Gasteiger partial charge is 0.497 e. The van der Waals surface area contributed by atoms with Gasteiger partial charge in [-0.2, -0.15) is 0 Å². The molecule has 15 nitrogen and oxygen atoms in total. The number of amides is 3. The number of aromatic nitrogens is 5. The van der Waals surface area contributed by atoms with Gasteiger partial charge in [0.15, 0.2) is 5.69 Å². The quantitative estimate of drug-likeness (QED) is 0.145. The number of carboxylic acids is 1. The summed E-state index contributed by atoms with van der Waals surface area (Å²) >= 11 is 2.60. The number of methoxy groups -OCH3 is 1. The van der Waals surface area contributed by atoms with Crippen molar-refractivity contribution >= 4 is 47.2 Å². The molecule has 4 aromatic rings. The van der Waals surface area contributed by atoms with Crippen molar-refractivity contribution in [1.82, 2.24) is 40.9 Å². The molecule has 0 bridgehead atoms. The molecule has 2 aromatic carbocycles. The normalized spacial score (nSPS) is 17.8. The second kappa shape index (κ2) is 13.7. The SMILES string of the molecule is COc1cccc(Cc2cc(C(=O)NC(C(=O)N[C@@H]3C(=O)N4C(C(=O)O)=C(CSc5nnnn5C)CS[C@H]34)c3ccccc3)no2)c1. The van der Waals surface area contributed by atoms with Gasteiger partial charge in [0.05, 0.1) is 7.11 Å². The Bertz CT molecular complexity index is 1860. The minimum absolute atomic E-state index is 0.0240. The van der Waals surface area contributed by atoms with Crippen molar-refractivity contribution in [2.24, 2.45) is 7.05 Å². The first-order valence-electron chi connectivity index (χ1n) is 14.2. The van der Waals surface area contributed by atoms with Crippen LogP contribution in [0.3, 0.4) is 0 Å². The van der Waals surface area contributed by atoms with Gasteiger partial charge in [-0.1, -0.05) is 59.4 Å². The van der Waals surface area contributed by atoms with E-state index in [-0.39, 0.29) is 17.1 Å². The highest BCUT2D eigenvalue weighted by atomic mass is 32.2. The maximum absolute atomic E-state index is 13.7. The molecule has 17 heteroatoms. The van der Waals surface area contributed by atoms with Crippen molar-refractivity contribution in [2.45, 2.75) is 29.0 Å². The van der Waals surface area contributed by atoms with E-state index in [0.717, 1.165) is 5.56 Å². The lowest BCUT2D eigenvalue weighted by atomic mass is 10.0. The summed E-state index contributed by atoms with van der Waals surface area (Å²) in [5, 5.41) is 30.5. The molecular formula is C30H28N8O7S2. The van der Waals surface area contributed by atoms with Crippen LogP contribution in [0.4, 0.5) is 0 Å². The van der Waals surface area contributed by atoms with Crippen LogP contribution in [0.2, 0.25) is 0 Å². The van der Waals surface area contributed by atoms with E-state index < -0.39 is 41.1 Å². The highest BCUT2D eigenvalue weighted by molar-refractivity contribution is 8.01. The van der Waals surface area contributed by atoms with Gasteiger partial charge in [0.2, 0.25) is 11.1 Å². The van der Waals surface area contributed by atoms with E-state index in [9.17, 15) is 24.3 Å². The number of thioether (sulfide) groups is 2. The highest BCUT2D eigenvalue weighted by Gasteiger charge is 2.54. The van der Waals surface area contributed by atoms with Crippen LogP contribution >= 0.6 is 23.5 Å². The van der Waals surface area contributed by atoms with Gasteiger partial charge in [-0.15, -0.1) is 16.9 Å². The van der Waals surface area contributed by atoms with Crippen molar-refractivity contribution in [3.8, 4) is 5.75 Å². The number of fused-ring (bicyclic) bond motifs is 1. The van der Waals surface area contributed by atoms with Crippen LogP contribution in [0.1, 0.15) is 33.4 Å². The van der Waals surface area contributed by atoms with E-state index >= 15 is 0 Å². The third-order valence-electron chi connectivity index (χ3n) is 7.48. The van der Waals surface area contributed by atoms with Gasteiger partial charge < -0.3 is 25.0 Å². The number of carboxylic acid groups (broad SMARTS) is 1. The van der Waals surface area contributed by atoms with Gasteiger partial charge >= 0.3 is 5.97 Å². The Morgan fingerprint density at radius 1 is 1.17 bits per heavy atom. The van der Waals surface area contributed by atoms with Crippen LogP contribution < -0.4 is 15.4 Å². The number of rotatable bonds is 12. The number of hydrogen-bond donors (Lipinski definition) is 3. The van der Waals surface area contributed by atoms with Crippen LogP contribution in [-0.4, -0.2) is 89.1 Å². The number of β-lactam (4-membered cyclic amide) rings is 1. The molecule has 47 heavy (non-hydrogen) atoms. The van der Waals surface area contributed by atoms with Crippen molar-refractivity contribution < 1.29 is 33.5 Å². The molecule has 2 aliphatic rings. The molecule has 0 spiro atoms. The maximum Gasteiger partial charge on any atom is 0.352 e. The molecule has 0 aliphatic carbocycles. The number of tetrazole rings is 1. The fourth-order valence-corrected chi connectivity index (χ4v) is 7.50. The Kier molecular flexibility index (Phi) is 9.26. The number of hydrogen-bond acceptors (Lipinski definition) is 12. The van der Waals surface area contributed by atoms with Crippen LogP contribution in [0.15, 0.2) is 81.6 Å². The number of carbonyl (C=O) groups excluding carboxylic acids is 3. The van der Waals surface area contributed by atoms with Crippen LogP contribution in [-0.2, 0) is 27.9 Å². The van der Waals surface area contributed by atoms with Crippen molar-refractivity contribution in [2.75, 3.05) is 18.6 Å². The van der Waals surface area contributed by atoms with E-state index in [0.29, 0.717) is 40.0 Å². The Labute approximate surface area is 276 Å². The molecule has 2 aliphatic heterocycles. The van der Waals surface area contributed by atoms with Crippen molar-refractivity contribution in [3.05, 3.63) is 94.5 Å². The highest BCUT2D eigenvalue weighted by Crippen LogP contribution is 2.41. The molecule has 4 heterocycles. The lowest BCUT2D eigenvalue weighted by molar-refractivity contribution is -0.151. The molecule has 1 saturated heterocycles. The third kappa shape index (κ3) is 6.71. The number of carbonyl (C=O) groups is 4. The Morgan fingerprint density at radius 2 is 1.98 bits per heavy atom. The smallest absolute Gasteiger partial charge is 0.352 e. The summed E-state index contributed by atoms with van der Waals surface area (Å²) in [5.41, 5.74) is 1.77. The third-order valence-corrected chi connectivity index (χ3v) is 9.92. The van der Waals surface area contributed by atoms with E-state index in [1.54, 1.807) is 44.5 Å². The van der Waals surface area contributed by atoms with Crippen LogP contribution in [0.5, 0.6) is 5.75 Å². The number of aliphatic carboxylic acids is 1. The van der Waals surface area contributed by atoms with Crippen molar-refractivity contribution in [3.63, 3.8) is 0 Å². The maximum atomic E-state index is 13.7. The fourth-order valence-electron chi connectivity index (χ4n) is 5.16. The zero-order valence-electron chi connectivity index (χ0n) is 25.0. The Balaban J connectivity index is 1.15. The zero-order chi connectivity index (χ0) is 33.1. The molecule has 1 fully saturated rings. The molecule has 0 saturated carbocycles. The van der Waals surface area contributed by atoms with Crippen molar-refractivity contribution in [1.29, 1.82) is 0 Å². The summed E-state index contributed by atoms with van der Waals surface area (Å²) in [5.74, 6) is -1.39. The summed E-state index contributed by atoms with van der Waals surface area (Å²) < 4.78 is 12.1. The fraction of sp³-hybridized carbons (Fsp3) is 0.267. The summed E-state index contributed by atoms with van der Waals surface area (Å²) in [4.78, 5) is 53.7. The first kappa shape index (κ1) is 31.8. The number of nitrogens with zero attached hydrogens (tertiary/aromatic N) is 6. The van der Waals surface area contributed by atoms with Crippen LogP contribution in [0, 0.1) is 0 Å².